The summed E-state index contributed by atoms with van der Waals surface area (Å²) >= 11 is 0. The molecule has 1 aliphatic rings. The van der Waals surface area contributed by atoms with Crippen molar-refractivity contribution in [1.29, 1.82) is 0 Å². The van der Waals surface area contributed by atoms with Crippen molar-refractivity contribution in [2.75, 3.05) is 11.9 Å². The van der Waals surface area contributed by atoms with E-state index in [1.54, 1.807) is 18.9 Å². The van der Waals surface area contributed by atoms with Crippen LogP contribution in [0.5, 0.6) is 0 Å². The number of amides is 1. The van der Waals surface area contributed by atoms with Gasteiger partial charge in [0.05, 0.1) is 5.69 Å². The third kappa shape index (κ3) is 1.99. The molecule has 1 aliphatic heterocycles. The van der Waals surface area contributed by atoms with Crippen molar-refractivity contribution in [2.24, 2.45) is 0 Å². The summed E-state index contributed by atoms with van der Waals surface area (Å²) in [5.41, 5.74) is 4.02. The fourth-order valence-electron chi connectivity index (χ4n) is 2.78. The van der Waals surface area contributed by atoms with Gasteiger partial charge in [0.1, 0.15) is 0 Å². The third-order valence-corrected chi connectivity index (χ3v) is 3.64. The molecular formula is C17H19NO2. The SMILES string of the molecule is C=C(C)/C=c1/c(C(C)=O)cc(C)c2c1=C(C)C(=O)N2C. The Morgan fingerprint density at radius 3 is 2.40 bits per heavy atom. The number of carbonyl (C=O) groups is 2. The molecule has 0 saturated heterocycles. The maximum atomic E-state index is 12.2. The molecule has 0 bridgehead atoms. The average Bonchev–Trinajstić information content (AvgIpc) is 2.57. The zero-order valence-corrected chi connectivity index (χ0v) is 12.6. The predicted octanol–water partition coefficient (Wildman–Crippen LogP) is 1.70. The van der Waals surface area contributed by atoms with E-state index in [1.807, 2.05) is 32.9 Å². The Balaban J connectivity index is 3.11. The van der Waals surface area contributed by atoms with Gasteiger partial charge in [0.2, 0.25) is 0 Å². The van der Waals surface area contributed by atoms with Crippen LogP contribution in [0.2, 0.25) is 0 Å². The van der Waals surface area contributed by atoms with E-state index >= 15 is 0 Å². The topological polar surface area (TPSA) is 37.4 Å². The van der Waals surface area contributed by atoms with Crippen LogP contribution in [0, 0.1) is 6.92 Å². The number of ketones is 1. The monoisotopic (exact) mass is 269 g/mol. The number of allylic oxidation sites excluding steroid dienone is 1. The molecule has 1 aromatic rings. The Hall–Kier alpha value is -2.16. The summed E-state index contributed by atoms with van der Waals surface area (Å²) in [5.74, 6) is -0.0154. The standard InChI is InChI=1S/C17H19NO2/c1-9(2)7-14-13(12(5)19)8-10(3)16-15(14)11(4)17(20)18(16)6/h7-8H,1H2,2-6H3/b14-7-. The van der Waals surface area contributed by atoms with Gasteiger partial charge in [0.25, 0.3) is 5.91 Å². The Kier molecular flexibility index (Phi) is 3.38. The Morgan fingerprint density at radius 1 is 1.30 bits per heavy atom. The molecule has 3 nitrogen and oxygen atoms in total. The lowest BCUT2D eigenvalue weighted by atomic mass is 9.99. The quantitative estimate of drug-likeness (QED) is 0.766. The van der Waals surface area contributed by atoms with Crippen molar-refractivity contribution < 1.29 is 9.59 Å². The molecule has 0 unspecified atom stereocenters. The maximum Gasteiger partial charge on any atom is 0.254 e. The molecule has 2 rings (SSSR count). The van der Waals surface area contributed by atoms with Crippen LogP contribution >= 0.6 is 0 Å². The normalized spacial score (nSPS) is 14.8. The molecule has 0 aromatic heterocycles. The van der Waals surface area contributed by atoms with Crippen LogP contribution in [0.1, 0.15) is 36.7 Å². The molecule has 1 aromatic carbocycles. The summed E-state index contributed by atoms with van der Waals surface area (Å²) in [6.45, 7) is 11.1. The molecule has 0 fully saturated rings. The Bertz CT molecular complexity index is 769. The van der Waals surface area contributed by atoms with Crippen molar-refractivity contribution >= 4 is 29.0 Å². The highest BCUT2D eigenvalue weighted by atomic mass is 16.2. The van der Waals surface area contributed by atoms with Crippen molar-refractivity contribution in [3.63, 3.8) is 0 Å². The highest BCUT2D eigenvalue weighted by Gasteiger charge is 2.26. The average molecular weight is 269 g/mol. The molecule has 0 aliphatic carbocycles. The Labute approximate surface area is 118 Å². The number of aryl methyl sites for hydroxylation is 1. The van der Waals surface area contributed by atoms with E-state index in [1.165, 1.54) is 0 Å². The number of fused-ring (bicyclic) bond motifs is 1. The van der Waals surface area contributed by atoms with Crippen LogP contribution in [0.3, 0.4) is 0 Å². The lowest BCUT2D eigenvalue weighted by Gasteiger charge is -2.14. The highest BCUT2D eigenvalue weighted by molar-refractivity contribution is 6.25. The van der Waals surface area contributed by atoms with Gasteiger partial charge in [-0.2, -0.15) is 0 Å². The first-order valence-electron chi connectivity index (χ1n) is 6.56. The number of nitrogens with zero attached hydrogens (tertiary/aromatic N) is 1. The van der Waals surface area contributed by atoms with Gasteiger partial charge in [0.15, 0.2) is 5.78 Å². The van der Waals surface area contributed by atoms with E-state index in [2.05, 4.69) is 6.58 Å². The van der Waals surface area contributed by atoms with Gasteiger partial charge in [-0.05, 0) is 44.5 Å². The van der Waals surface area contributed by atoms with Gasteiger partial charge >= 0.3 is 0 Å². The minimum atomic E-state index is -0.0137. The van der Waals surface area contributed by atoms with Crippen molar-refractivity contribution in [3.05, 3.63) is 39.8 Å². The van der Waals surface area contributed by atoms with E-state index in [4.69, 9.17) is 0 Å². The maximum absolute atomic E-state index is 12.2. The number of anilines is 1. The number of hydrogen-bond donors (Lipinski definition) is 0. The van der Waals surface area contributed by atoms with E-state index < -0.39 is 0 Å². The Morgan fingerprint density at radius 2 is 1.90 bits per heavy atom. The number of Topliss-reactive ketones (excluding diaryl/α,β-unsaturated/α-hetero) is 1. The smallest absolute Gasteiger partial charge is 0.254 e. The zero-order chi connectivity index (χ0) is 15.2. The van der Waals surface area contributed by atoms with Gasteiger partial charge in [0, 0.05) is 23.4 Å². The van der Waals surface area contributed by atoms with Crippen molar-refractivity contribution in [2.45, 2.75) is 27.7 Å². The molecule has 0 atom stereocenters. The van der Waals surface area contributed by atoms with Crippen molar-refractivity contribution in [3.8, 4) is 0 Å². The second-order valence-electron chi connectivity index (χ2n) is 5.41. The summed E-state index contributed by atoms with van der Waals surface area (Å²) in [7, 11) is 1.77. The summed E-state index contributed by atoms with van der Waals surface area (Å²) in [5, 5.41) is 1.67. The fraction of sp³-hybridized carbons (Fsp3) is 0.294. The molecule has 3 heteroatoms. The molecule has 0 saturated carbocycles. The molecule has 0 spiro atoms. The summed E-state index contributed by atoms with van der Waals surface area (Å²) in [6.07, 6.45) is 1.88. The predicted molar refractivity (Wildman–Crippen MR) is 82.2 cm³/mol. The van der Waals surface area contributed by atoms with Gasteiger partial charge in [-0.15, -0.1) is 0 Å². The molecule has 1 amide bonds. The number of benzene rings is 1. The van der Waals surface area contributed by atoms with E-state index in [9.17, 15) is 9.59 Å². The van der Waals surface area contributed by atoms with Crippen LogP contribution in [0.4, 0.5) is 5.69 Å². The van der Waals surface area contributed by atoms with Gasteiger partial charge in [-0.25, -0.2) is 0 Å². The summed E-state index contributed by atoms with van der Waals surface area (Å²) < 4.78 is 0. The molecule has 1 heterocycles. The van der Waals surface area contributed by atoms with Crippen LogP contribution in [-0.4, -0.2) is 18.7 Å². The fourth-order valence-corrected chi connectivity index (χ4v) is 2.78. The second kappa shape index (κ2) is 4.75. The molecule has 0 N–H and O–H groups in total. The van der Waals surface area contributed by atoms with E-state index in [-0.39, 0.29) is 11.7 Å². The first kappa shape index (κ1) is 14.3. The van der Waals surface area contributed by atoms with Gasteiger partial charge in [-0.1, -0.05) is 18.2 Å². The summed E-state index contributed by atoms with van der Waals surface area (Å²) in [6, 6.07) is 1.86. The number of carbonyl (C=O) groups excluding carboxylic acids is 2. The van der Waals surface area contributed by atoms with Gasteiger partial charge < -0.3 is 4.90 Å². The largest absolute Gasteiger partial charge is 0.311 e. The first-order valence-corrected chi connectivity index (χ1v) is 6.56. The second-order valence-corrected chi connectivity index (χ2v) is 5.41. The van der Waals surface area contributed by atoms with Crippen LogP contribution < -0.4 is 15.3 Å². The van der Waals surface area contributed by atoms with Crippen molar-refractivity contribution in [1.82, 2.24) is 0 Å². The zero-order valence-electron chi connectivity index (χ0n) is 12.6. The minimum Gasteiger partial charge on any atom is -0.311 e. The lowest BCUT2D eigenvalue weighted by molar-refractivity contribution is -0.113. The first-order chi connectivity index (χ1) is 9.25. The number of rotatable bonds is 2. The lowest BCUT2D eigenvalue weighted by Crippen LogP contribution is -2.33. The van der Waals surface area contributed by atoms with Crippen LogP contribution in [0.25, 0.3) is 11.6 Å². The minimum absolute atomic E-state index is 0.00166. The third-order valence-electron chi connectivity index (χ3n) is 3.64. The number of hydrogen-bond acceptors (Lipinski definition) is 2. The van der Waals surface area contributed by atoms with Crippen LogP contribution in [0.15, 0.2) is 18.2 Å². The highest BCUT2D eigenvalue weighted by Crippen LogP contribution is 2.21. The molecule has 20 heavy (non-hydrogen) atoms. The van der Waals surface area contributed by atoms with Crippen LogP contribution in [-0.2, 0) is 4.79 Å². The summed E-state index contributed by atoms with van der Waals surface area (Å²) in [4.78, 5) is 25.8. The molecular weight excluding hydrogens is 250 g/mol. The molecule has 104 valence electrons. The van der Waals surface area contributed by atoms with E-state index in [0.29, 0.717) is 11.1 Å². The van der Waals surface area contributed by atoms with E-state index in [0.717, 1.165) is 27.3 Å². The van der Waals surface area contributed by atoms with Gasteiger partial charge in [-0.3, -0.25) is 9.59 Å². The molecule has 0 radical (unpaired) electrons.